The molecule has 0 aromatic heterocycles. The number of guanidine groups is 1. The maximum atomic E-state index is 11.7. The minimum Gasteiger partial charge on any atom is -0.497 e. The predicted octanol–water partition coefficient (Wildman–Crippen LogP) is 1.54. The van der Waals surface area contributed by atoms with Crippen LogP contribution in [0.25, 0.3) is 0 Å². The summed E-state index contributed by atoms with van der Waals surface area (Å²) < 4.78 is 5.28. The van der Waals surface area contributed by atoms with Crippen molar-refractivity contribution in [3.63, 3.8) is 0 Å². The minimum absolute atomic E-state index is 0.00761. The average Bonchev–Trinajstić information content (AvgIpc) is 2.53. The highest BCUT2D eigenvalue weighted by molar-refractivity contribution is 5.86. The fraction of sp³-hybridized carbons (Fsp3) is 0.529. The second-order valence-electron chi connectivity index (χ2n) is 5.59. The van der Waals surface area contributed by atoms with Crippen LogP contribution in [-0.4, -0.2) is 51.1 Å². The molecule has 1 aromatic rings. The van der Waals surface area contributed by atoms with Gasteiger partial charge in [0.05, 0.1) is 20.2 Å². The molecule has 23 heavy (non-hydrogen) atoms. The number of benzene rings is 1. The Balaban J connectivity index is 2.75. The van der Waals surface area contributed by atoms with Crippen LogP contribution in [0.3, 0.4) is 0 Å². The first-order chi connectivity index (χ1) is 11.0. The van der Waals surface area contributed by atoms with Crippen molar-refractivity contribution in [1.82, 2.24) is 15.5 Å². The van der Waals surface area contributed by atoms with Gasteiger partial charge in [-0.25, -0.2) is 4.99 Å². The van der Waals surface area contributed by atoms with Crippen LogP contribution in [-0.2, 0) is 11.3 Å². The lowest BCUT2D eigenvalue weighted by Gasteiger charge is -2.14. The van der Waals surface area contributed by atoms with Gasteiger partial charge in [0.15, 0.2) is 5.96 Å². The average molecular weight is 320 g/mol. The van der Waals surface area contributed by atoms with Crippen LogP contribution >= 0.6 is 0 Å². The Bertz CT molecular complexity index is 541. The maximum Gasteiger partial charge on any atom is 0.241 e. The third kappa shape index (κ3) is 7.04. The van der Waals surface area contributed by atoms with Gasteiger partial charge in [0, 0.05) is 20.6 Å². The molecule has 0 unspecified atom stereocenters. The van der Waals surface area contributed by atoms with E-state index >= 15 is 0 Å². The summed E-state index contributed by atoms with van der Waals surface area (Å²) in [5, 5.41) is 6.28. The molecule has 0 bridgehead atoms. The zero-order valence-corrected chi connectivity index (χ0v) is 14.8. The van der Waals surface area contributed by atoms with Crippen molar-refractivity contribution < 1.29 is 9.53 Å². The van der Waals surface area contributed by atoms with Crippen LogP contribution in [0.4, 0.5) is 0 Å². The summed E-state index contributed by atoms with van der Waals surface area (Å²) in [6.45, 7) is 5.66. The number of ether oxygens (including phenoxy) is 1. The summed E-state index contributed by atoms with van der Waals surface area (Å²) in [6.07, 6.45) is 0.987. The van der Waals surface area contributed by atoms with Crippen LogP contribution in [0.5, 0.6) is 5.75 Å². The van der Waals surface area contributed by atoms with Crippen LogP contribution < -0.4 is 15.4 Å². The third-order valence-electron chi connectivity index (χ3n) is 3.21. The first-order valence-electron chi connectivity index (χ1n) is 7.83. The predicted molar refractivity (Wildman–Crippen MR) is 93.9 cm³/mol. The van der Waals surface area contributed by atoms with Gasteiger partial charge in [-0.2, -0.15) is 0 Å². The van der Waals surface area contributed by atoms with Crippen LogP contribution in [0.1, 0.15) is 24.5 Å². The van der Waals surface area contributed by atoms with Gasteiger partial charge < -0.3 is 20.3 Å². The molecule has 0 aliphatic rings. The second-order valence-corrected chi connectivity index (χ2v) is 5.59. The van der Waals surface area contributed by atoms with Gasteiger partial charge in [-0.3, -0.25) is 4.79 Å². The number of nitrogens with one attached hydrogen (secondary N) is 2. The minimum atomic E-state index is 0.00761. The molecule has 0 saturated heterocycles. The number of hydrogen-bond donors (Lipinski definition) is 2. The molecule has 6 nitrogen and oxygen atoms in total. The lowest BCUT2D eigenvalue weighted by molar-refractivity contribution is -0.127. The molecular formula is C17H28N4O2. The normalized spacial score (nSPS) is 11.1. The second kappa shape index (κ2) is 9.71. The molecule has 1 rings (SSSR count). The highest BCUT2D eigenvalue weighted by Gasteiger charge is 2.06. The summed E-state index contributed by atoms with van der Waals surface area (Å²) in [5.74, 6) is 1.48. The lowest BCUT2D eigenvalue weighted by atomic mass is 10.1. The molecule has 0 radical (unpaired) electrons. The molecule has 1 amide bonds. The topological polar surface area (TPSA) is 66.0 Å². The van der Waals surface area contributed by atoms with E-state index in [0.717, 1.165) is 29.8 Å². The zero-order valence-electron chi connectivity index (χ0n) is 14.8. The molecular weight excluding hydrogens is 292 g/mol. The number of carbonyl (C=O) groups excluding carboxylic acids is 1. The number of methoxy groups -OCH3 is 1. The molecule has 128 valence electrons. The number of hydrogen-bond acceptors (Lipinski definition) is 3. The molecule has 0 aliphatic carbocycles. The van der Waals surface area contributed by atoms with Crippen molar-refractivity contribution >= 4 is 11.9 Å². The van der Waals surface area contributed by atoms with Gasteiger partial charge >= 0.3 is 0 Å². The van der Waals surface area contributed by atoms with E-state index in [-0.39, 0.29) is 12.5 Å². The Morgan fingerprint density at radius 3 is 2.61 bits per heavy atom. The molecule has 0 atom stereocenters. The first kappa shape index (κ1) is 18.8. The van der Waals surface area contributed by atoms with E-state index in [1.54, 1.807) is 26.1 Å². The van der Waals surface area contributed by atoms with E-state index in [0.29, 0.717) is 12.5 Å². The van der Waals surface area contributed by atoms with Crippen molar-refractivity contribution in [3.8, 4) is 5.75 Å². The van der Waals surface area contributed by atoms with Crippen molar-refractivity contribution in [3.05, 3.63) is 29.3 Å². The summed E-state index contributed by atoms with van der Waals surface area (Å²) in [4.78, 5) is 17.8. The Morgan fingerprint density at radius 2 is 2.00 bits per heavy atom. The summed E-state index contributed by atoms with van der Waals surface area (Å²) in [5.41, 5.74) is 2.20. The van der Waals surface area contributed by atoms with Crippen molar-refractivity contribution in [2.24, 2.45) is 4.99 Å². The fourth-order valence-corrected chi connectivity index (χ4v) is 1.94. The number of rotatable bonds is 7. The van der Waals surface area contributed by atoms with E-state index < -0.39 is 0 Å². The summed E-state index contributed by atoms with van der Waals surface area (Å²) >= 11 is 0. The van der Waals surface area contributed by atoms with Crippen LogP contribution in [0.15, 0.2) is 23.2 Å². The molecule has 0 saturated carbocycles. The summed E-state index contributed by atoms with van der Waals surface area (Å²) in [7, 11) is 5.13. The molecule has 6 heteroatoms. The number of carbonyl (C=O) groups is 1. The number of aliphatic imine (C=N–C) groups is 1. The lowest BCUT2D eigenvalue weighted by Crippen LogP contribution is -2.43. The van der Waals surface area contributed by atoms with Gasteiger partial charge in [-0.15, -0.1) is 0 Å². The monoisotopic (exact) mass is 320 g/mol. The number of amides is 1. The Kier molecular flexibility index (Phi) is 7.94. The standard InChI is InChI=1S/C17H28N4O2/c1-6-7-18-17(20-12-16(22)21(3)4)19-11-14-8-13(2)9-15(10-14)23-5/h8-10H,6-7,11-12H2,1-5H3,(H2,18,19,20). The van der Waals surface area contributed by atoms with Crippen molar-refractivity contribution in [2.45, 2.75) is 26.8 Å². The Hall–Kier alpha value is -2.24. The molecule has 0 fully saturated rings. The highest BCUT2D eigenvalue weighted by atomic mass is 16.5. The van der Waals surface area contributed by atoms with E-state index in [9.17, 15) is 4.79 Å². The smallest absolute Gasteiger partial charge is 0.241 e. The Morgan fingerprint density at radius 1 is 1.26 bits per heavy atom. The quantitative estimate of drug-likeness (QED) is 0.591. The molecule has 0 heterocycles. The number of nitrogens with zero attached hydrogens (tertiary/aromatic N) is 2. The van der Waals surface area contributed by atoms with Gasteiger partial charge in [0.1, 0.15) is 5.75 Å². The zero-order chi connectivity index (χ0) is 17.2. The number of likely N-dealkylation sites (N-methyl/N-ethyl adjacent to an activating group) is 1. The SMILES string of the molecule is CCCNC(=NCc1cc(C)cc(OC)c1)NCC(=O)N(C)C. The molecule has 2 N–H and O–H groups in total. The van der Waals surface area contributed by atoms with E-state index in [1.165, 1.54) is 0 Å². The van der Waals surface area contributed by atoms with Crippen molar-refractivity contribution in [1.29, 1.82) is 0 Å². The molecule has 1 aromatic carbocycles. The van der Waals surface area contributed by atoms with Crippen LogP contribution in [0, 0.1) is 6.92 Å². The largest absolute Gasteiger partial charge is 0.497 e. The van der Waals surface area contributed by atoms with E-state index in [2.05, 4.69) is 28.6 Å². The van der Waals surface area contributed by atoms with E-state index in [4.69, 9.17) is 4.74 Å². The van der Waals surface area contributed by atoms with Gasteiger partial charge in [0.25, 0.3) is 0 Å². The van der Waals surface area contributed by atoms with Crippen molar-refractivity contribution in [2.75, 3.05) is 34.3 Å². The van der Waals surface area contributed by atoms with E-state index in [1.807, 2.05) is 19.1 Å². The Labute approximate surface area is 138 Å². The summed E-state index contributed by atoms with van der Waals surface area (Å²) in [6, 6.07) is 6.03. The first-order valence-corrected chi connectivity index (χ1v) is 7.83. The third-order valence-corrected chi connectivity index (χ3v) is 3.21. The fourth-order valence-electron chi connectivity index (χ4n) is 1.94. The highest BCUT2D eigenvalue weighted by Crippen LogP contribution is 2.16. The molecule has 0 spiro atoms. The molecule has 0 aliphatic heterocycles. The van der Waals surface area contributed by atoms with Gasteiger partial charge in [0.2, 0.25) is 5.91 Å². The maximum absolute atomic E-state index is 11.7. The van der Waals surface area contributed by atoms with Gasteiger partial charge in [-0.05, 0) is 36.6 Å². The number of aryl methyl sites for hydroxylation is 1. The van der Waals surface area contributed by atoms with Crippen LogP contribution in [0.2, 0.25) is 0 Å². The van der Waals surface area contributed by atoms with Gasteiger partial charge in [-0.1, -0.05) is 13.0 Å².